The number of nitrogens with one attached hydrogen (secondary N) is 2. The number of anilines is 1. The van der Waals surface area contributed by atoms with Crippen LogP contribution in [0, 0.1) is 6.92 Å². The van der Waals surface area contributed by atoms with Crippen LogP contribution >= 0.6 is 0 Å². The van der Waals surface area contributed by atoms with E-state index in [0.29, 0.717) is 24.2 Å². The number of fused-ring (bicyclic) bond motifs is 1. The molecule has 130 valence electrons. The summed E-state index contributed by atoms with van der Waals surface area (Å²) in [5.74, 6) is 1.43. The number of amides is 1. The molecule has 7 heteroatoms. The van der Waals surface area contributed by atoms with E-state index in [4.69, 9.17) is 0 Å². The van der Waals surface area contributed by atoms with Gasteiger partial charge in [0.15, 0.2) is 11.5 Å². The fourth-order valence-corrected chi connectivity index (χ4v) is 2.51. The summed E-state index contributed by atoms with van der Waals surface area (Å²) >= 11 is 0. The maximum atomic E-state index is 12.2. The highest BCUT2D eigenvalue weighted by molar-refractivity contribution is 5.94. The highest BCUT2D eigenvalue weighted by atomic mass is 16.1. The molecule has 0 spiro atoms. The Morgan fingerprint density at radius 3 is 2.84 bits per heavy atom. The zero-order valence-corrected chi connectivity index (χ0v) is 14.5. The number of benzene rings is 1. The molecule has 2 N–H and O–H groups in total. The van der Waals surface area contributed by atoms with E-state index < -0.39 is 0 Å². The molecule has 0 saturated heterocycles. The Morgan fingerprint density at radius 2 is 2.04 bits per heavy atom. The molecule has 1 aromatic carbocycles. The van der Waals surface area contributed by atoms with Crippen molar-refractivity contribution in [2.75, 3.05) is 18.4 Å². The molecule has 0 aliphatic heterocycles. The van der Waals surface area contributed by atoms with Crippen molar-refractivity contribution >= 4 is 17.4 Å². The minimum atomic E-state index is -0.0872. The van der Waals surface area contributed by atoms with Crippen LogP contribution in [0.4, 0.5) is 5.82 Å². The predicted molar refractivity (Wildman–Crippen MR) is 96.8 cm³/mol. The molecule has 0 aliphatic rings. The van der Waals surface area contributed by atoms with Crippen LogP contribution in [0.5, 0.6) is 0 Å². The van der Waals surface area contributed by atoms with Gasteiger partial charge in [-0.1, -0.05) is 24.6 Å². The predicted octanol–water partition coefficient (Wildman–Crippen LogP) is 2.23. The minimum absolute atomic E-state index is 0.0872. The largest absolute Gasteiger partial charge is 0.369 e. The van der Waals surface area contributed by atoms with Crippen molar-refractivity contribution < 1.29 is 4.79 Å². The summed E-state index contributed by atoms with van der Waals surface area (Å²) in [6.07, 6.45) is 1.59. The third kappa shape index (κ3) is 4.12. The second-order valence-electron chi connectivity index (χ2n) is 5.91. The third-order valence-electron chi connectivity index (χ3n) is 3.80. The highest BCUT2D eigenvalue weighted by Crippen LogP contribution is 2.08. The molecule has 0 saturated carbocycles. The summed E-state index contributed by atoms with van der Waals surface area (Å²) < 4.78 is 1.72. The van der Waals surface area contributed by atoms with Gasteiger partial charge in [-0.25, -0.2) is 0 Å². The third-order valence-corrected chi connectivity index (χ3v) is 3.80. The summed E-state index contributed by atoms with van der Waals surface area (Å²) in [5, 5.41) is 19.0. The van der Waals surface area contributed by atoms with Gasteiger partial charge >= 0.3 is 0 Å². The molecule has 0 atom stereocenters. The monoisotopic (exact) mass is 338 g/mol. The van der Waals surface area contributed by atoms with Gasteiger partial charge in [0.1, 0.15) is 5.82 Å². The van der Waals surface area contributed by atoms with Crippen LogP contribution in [-0.4, -0.2) is 38.8 Å². The Labute approximate surface area is 146 Å². The van der Waals surface area contributed by atoms with Crippen LogP contribution in [0.2, 0.25) is 0 Å². The standard InChI is InChI=1S/C18H22N6O/c1-3-10-19-15-7-8-16-21-22-17(24(16)23-15)9-11-20-18(25)14-6-4-5-13(2)12-14/h4-8,12H,3,9-11H2,1-2H3,(H,19,23)(H,20,25). The molecular formula is C18H22N6O. The summed E-state index contributed by atoms with van der Waals surface area (Å²) in [5.41, 5.74) is 2.42. The van der Waals surface area contributed by atoms with Crippen molar-refractivity contribution in [2.45, 2.75) is 26.7 Å². The fraction of sp³-hybridized carbons (Fsp3) is 0.333. The molecule has 0 aliphatic carbocycles. The van der Waals surface area contributed by atoms with Gasteiger partial charge in [-0.15, -0.1) is 15.3 Å². The molecule has 1 amide bonds. The first-order valence-electron chi connectivity index (χ1n) is 8.47. The smallest absolute Gasteiger partial charge is 0.251 e. The van der Waals surface area contributed by atoms with Crippen molar-refractivity contribution in [3.8, 4) is 0 Å². The molecule has 0 fully saturated rings. The summed E-state index contributed by atoms with van der Waals surface area (Å²) in [7, 11) is 0. The average molecular weight is 338 g/mol. The maximum Gasteiger partial charge on any atom is 0.251 e. The number of hydrogen-bond acceptors (Lipinski definition) is 5. The number of nitrogens with zero attached hydrogens (tertiary/aromatic N) is 4. The first-order valence-corrected chi connectivity index (χ1v) is 8.47. The van der Waals surface area contributed by atoms with Crippen molar-refractivity contribution in [1.82, 2.24) is 25.1 Å². The lowest BCUT2D eigenvalue weighted by molar-refractivity contribution is 0.0954. The summed E-state index contributed by atoms with van der Waals surface area (Å²) in [6.45, 7) is 5.41. The van der Waals surface area contributed by atoms with Crippen molar-refractivity contribution in [1.29, 1.82) is 0 Å². The molecule has 0 bridgehead atoms. The molecule has 0 radical (unpaired) electrons. The number of carbonyl (C=O) groups is 1. The Hall–Kier alpha value is -2.96. The number of hydrogen-bond donors (Lipinski definition) is 2. The molecule has 3 rings (SSSR count). The molecule has 3 aromatic rings. The van der Waals surface area contributed by atoms with Gasteiger partial charge in [0.25, 0.3) is 5.91 Å². The van der Waals surface area contributed by atoms with Crippen LogP contribution in [0.1, 0.15) is 35.1 Å². The van der Waals surface area contributed by atoms with Crippen LogP contribution < -0.4 is 10.6 Å². The molecular weight excluding hydrogens is 316 g/mol. The van der Waals surface area contributed by atoms with Crippen LogP contribution in [0.25, 0.3) is 5.65 Å². The SMILES string of the molecule is CCCNc1ccc2nnc(CCNC(=O)c3cccc(C)c3)n2n1. The Kier molecular flexibility index (Phi) is 5.23. The van der Waals surface area contributed by atoms with Crippen LogP contribution in [0.3, 0.4) is 0 Å². The second kappa shape index (κ2) is 7.74. The lowest BCUT2D eigenvalue weighted by Gasteiger charge is -2.06. The zero-order valence-electron chi connectivity index (χ0n) is 14.5. The van der Waals surface area contributed by atoms with Gasteiger partial charge in [-0.3, -0.25) is 4.79 Å². The van der Waals surface area contributed by atoms with E-state index in [1.54, 1.807) is 4.52 Å². The van der Waals surface area contributed by atoms with Gasteiger partial charge in [0, 0.05) is 25.1 Å². The van der Waals surface area contributed by atoms with Gasteiger partial charge in [0.05, 0.1) is 0 Å². The molecule has 0 unspecified atom stereocenters. The van der Waals surface area contributed by atoms with E-state index in [2.05, 4.69) is 32.9 Å². The number of aryl methyl sites for hydroxylation is 1. The second-order valence-corrected chi connectivity index (χ2v) is 5.91. The average Bonchev–Trinajstić information content (AvgIpc) is 3.02. The van der Waals surface area contributed by atoms with Crippen molar-refractivity contribution in [3.05, 3.63) is 53.3 Å². The minimum Gasteiger partial charge on any atom is -0.369 e. The highest BCUT2D eigenvalue weighted by Gasteiger charge is 2.09. The summed E-state index contributed by atoms with van der Waals surface area (Å²) in [6, 6.07) is 11.3. The van der Waals surface area contributed by atoms with E-state index in [1.807, 2.05) is 43.3 Å². The Balaban J connectivity index is 1.63. The normalized spacial score (nSPS) is 10.8. The number of aromatic nitrogens is 4. The number of carbonyl (C=O) groups excluding carboxylic acids is 1. The van der Waals surface area contributed by atoms with E-state index in [-0.39, 0.29) is 5.91 Å². The van der Waals surface area contributed by atoms with Gasteiger partial charge < -0.3 is 10.6 Å². The maximum absolute atomic E-state index is 12.2. The van der Waals surface area contributed by atoms with E-state index in [9.17, 15) is 4.79 Å². The Bertz CT molecular complexity index is 873. The van der Waals surface area contributed by atoms with Gasteiger partial charge in [0.2, 0.25) is 0 Å². The zero-order chi connectivity index (χ0) is 17.6. The summed E-state index contributed by atoms with van der Waals surface area (Å²) in [4.78, 5) is 12.2. The van der Waals surface area contributed by atoms with Crippen LogP contribution in [0.15, 0.2) is 36.4 Å². The molecule has 25 heavy (non-hydrogen) atoms. The molecule has 2 heterocycles. The van der Waals surface area contributed by atoms with Crippen LogP contribution in [-0.2, 0) is 6.42 Å². The van der Waals surface area contributed by atoms with E-state index in [1.165, 1.54) is 0 Å². The Morgan fingerprint density at radius 1 is 1.16 bits per heavy atom. The number of rotatable bonds is 7. The molecule has 2 aromatic heterocycles. The first kappa shape index (κ1) is 16.9. The lowest BCUT2D eigenvalue weighted by Crippen LogP contribution is -2.26. The van der Waals surface area contributed by atoms with Gasteiger partial charge in [-0.05, 0) is 37.6 Å². The topological polar surface area (TPSA) is 84.2 Å². The molecule has 7 nitrogen and oxygen atoms in total. The lowest BCUT2D eigenvalue weighted by atomic mass is 10.1. The van der Waals surface area contributed by atoms with E-state index in [0.717, 1.165) is 30.2 Å². The van der Waals surface area contributed by atoms with E-state index >= 15 is 0 Å². The fourth-order valence-electron chi connectivity index (χ4n) is 2.51. The van der Waals surface area contributed by atoms with Crippen molar-refractivity contribution in [3.63, 3.8) is 0 Å². The first-order chi connectivity index (χ1) is 12.2. The quantitative estimate of drug-likeness (QED) is 0.690. The van der Waals surface area contributed by atoms with Gasteiger partial charge in [-0.2, -0.15) is 4.52 Å². The van der Waals surface area contributed by atoms with Crippen molar-refractivity contribution in [2.24, 2.45) is 0 Å².